The lowest BCUT2D eigenvalue weighted by molar-refractivity contribution is 0.582. The molecule has 0 atom stereocenters. The van der Waals surface area contributed by atoms with E-state index in [0.29, 0.717) is 16.4 Å². The Morgan fingerprint density at radius 1 is 1.25 bits per heavy atom. The fraction of sp³-hybridized carbons (Fsp3) is 0.333. The Morgan fingerprint density at radius 3 is 2.80 bits per heavy atom. The maximum atomic E-state index is 12.1. The quantitative estimate of drug-likeness (QED) is 0.800. The smallest absolute Gasteiger partial charge is 0.250 e. The number of nitrogens with zero attached hydrogens (tertiary/aromatic N) is 2. The van der Waals surface area contributed by atoms with E-state index < -0.39 is 10.0 Å². The van der Waals surface area contributed by atoms with Gasteiger partial charge in [0.1, 0.15) is 10.5 Å². The minimum absolute atomic E-state index is 0.158. The lowest BCUT2D eigenvalue weighted by atomic mass is 10.4. The van der Waals surface area contributed by atoms with Crippen LogP contribution in [0.5, 0.6) is 0 Å². The monoisotopic (exact) mass is 312 g/mol. The van der Waals surface area contributed by atoms with E-state index in [4.69, 9.17) is 0 Å². The Bertz CT molecular complexity index is 640. The number of hydrogen-bond acceptors (Lipinski definition) is 6. The van der Waals surface area contributed by atoms with Gasteiger partial charge in [0.05, 0.1) is 12.2 Å². The van der Waals surface area contributed by atoms with Crippen LogP contribution < -0.4 is 10.0 Å². The van der Waals surface area contributed by atoms with Crippen molar-refractivity contribution in [2.24, 2.45) is 0 Å². The SMILES string of the molecule is CCNCc1ccc(S(=O)(=O)NCc2ccncn2)s1. The molecule has 0 fully saturated rings. The van der Waals surface area contributed by atoms with Crippen LogP contribution in [0, 0.1) is 0 Å². The Morgan fingerprint density at radius 2 is 2.10 bits per heavy atom. The summed E-state index contributed by atoms with van der Waals surface area (Å²) in [6.07, 6.45) is 2.97. The number of aromatic nitrogens is 2. The maximum Gasteiger partial charge on any atom is 0.250 e. The van der Waals surface area contributed by atoms with Gasteiger partial charge in [0.25, 0.3) is 0 Å². The van der Waals surface area contributed by atoms with Gasteiger partial charge in [-0.15, -0.1) is 11.3 Å². The van der Waals surface area contributed by atoms with Crippen LogP contribution in [0.3, 0.4) is 0 Å². The molecule has 0 spiro atoms. The second-order valence-electron chi connectivity index (χ2n) is 4.03. The summed E-state index contributed by atoms with van der Waals surface area (Å²) in [4.78, 5) is 8.76. The topological polar surface area (TPSA) is 84.0 Å². The van der Waals surface area contributed by atoms with Gasteiger partial charge in [-0.1, -0.05) is 6.92 Å². The highest BCUT2D eigenvalue weighted by Gasteiger charge is 2.16. The summed E-state index contributed by atoms with van der Waals surface area (Å²) in [7, 11) is -3.48. The standard InChI is InChI=1S/C12H16N4O2S2/c1-2-13-8-11-3-4-12(19-11)20(17,18)16-7-10-5-6-14-9-15-10/h3-6,9,13,16H,2,7-8H2,1H3. The third kappa shape index (κ3) is 4.07. The summed E-state index contributed by atoms with van der Waals surface area (Å²) >= 11 is 1.27. The summed E-state index contributed by atoms with van der Waals surface area (Å²) in [5.74, 6) is 0. The zero-order chi connectivity index (χ0) is 14.4. The molecule has 20 heavy (non-hydrogen) atoms. The summed E-state index contributed by atoms with van der Waals surface area (Å²) in [5.41, 5.74) is 0.632. The average molecular weight is 312 g/mol. The molecule has 2 N–H and O–H groups in total. The molecule has 6 nitrogen and oxygen atoms in total. The molecule has 0 saturated carbocycles. The molecule has 0 unspecified atom stereocenters. The van der Waals surface area contributed by atoms with Crippen LogP contribution in [-0.2, 0) is 23.1 Å². The third-order valence-electron chi connectivity index (χ3n) is 2.54. The van der Waals surface area contributed by atoms with E-state index in [1.165, 1.54) is 17.7 Å². The van der Waals surface area contributed by atoms with Gasteiger partial charge in [0.2, 0.25) is 10.0 Å². The molecule has 0 aliphatic heterocycles. The number of rotatable bonds is 7. The van der Waals surface area contributed by atoms with Crippen molar-refractivity contribution in [3.63, 3.8) is 0 Å². The molecule has 0 radical (unpaired) electrons. The highest BCUT2D eigenvalue weighted by atomic mass is 32.2. The van der Waals surface area contributed by atoms with Crippen molar-refractivity contribution in [2.45, 2.75) is 24.2 Å². The zero-order valence-corrected chi connectivity index (χ0v) is 12.7. The Hall–Kier alpha value is -1.35. The molecule has 0 aromatic carbocycles. The van der Waals surface area contributed by atoms with Crippen molar-refractivity contribution in [1.82, 2.24) is 20.0 Å². The van der Waals surface area contributed by atoms with Crippen LogP contribution >= 0.6 is 11.3 Å². The summed E-state index contributed by atoms with van der Waals surface area (Å²) in [5, 5.41) is 3.17. The van der Waals surface area contributed by atoms with E-state index in [-0.39, 0.29) is 6.54 Å². The molecule has 0 saturated heterocycles. The van der Waals surface area contributed by atoms with Gasteiger partial charge < -0.3 is 5.32 Å². The molecular weight excluding hydrogens is 296 g/mol. The first kappa shape index (κ1) is 15.0. The second-order valence-corrected chi connectivity index (χ2v) is 7.19. The van der Waals surface area contributed by atoms with Crippen LogP contribution in [0.2, 0.25) is 0 Å². The minimum Gasteiger partial charge on any atom is -0.312 e. The van der Waals surface area contributed by atoms with Crippen LogP contribution in [0.1, 0.15) is 17.5 Å². The Kier molecular flexibility index (Phi) is 5.18. The van der Waals surface area contributed by atoms with Gasteiger partial charge in [-0.3, -0.25) is 0 Å². The first-order chi connectivity index (χ1) is 9.62. The molecule has 2 aromatic rings. The lowest BCUT2D eigenvalue weighted by Crippen LogP contribution is -2.22. The fourth-order valence-corrected chi connectivity index (χ4v) is 3.88. The highest BCUT2D eigenvalue weighted by Crippen LogP contribution is 2.21. The van der Waals surface area contributed by atoms with Gasteiger partial charge in [0.15, 0.2) is 0 Å². The number of sulfonamides is 1. The van der Waals surface area contributed by atoms with Gasteiger partial charge >= 0.3 is 0 Å². The minimum atomic E-state index is -3.48. The van der Waals surface area contributed by atoms with Crippen molar-refractivity contribution >= 4 is 21.4 Å². The molecule has 0 aliphatic carbocycles. The number of hydrogen-bond donors (Lipinski definition) is 2. The number of thiophene rings is 1. The van der Waals surface area contributed by atoms with Crippen LogP contribution in [0.4, 0.5) is 0 Å². The van der Waals surface area contributed by atoms with E-state index in [0.717, 1.165) is 11.4 Å². The zero-order valence-electron chi connectivity index (χ0n) is 11.0. The molecule has 8 heteroatoms. The summed E-state index contributed by atoms with van der Waals surface area (Å²) in [6, 6.07) is 5.12. The maximum absolute atomic E-state index is 12.1. The lowest BCUT2D eigenvalue weighted by Gasteiger charge is -2.03. The molecule has 0 amide bonds. The molecule has 108 valence electrons. The molecule has 2 rings (SSSR count). The molecule has 2 heterocycles. The van der Waals surface area contributed by atoms with Crippen LogP contribution in [-0.4, -0.2) is 24.9 Å². The Balaban J connectivity index is 2.01. The largest absolute Gasteiger partial charge is 0.312 e. The average Bonchev–Trinajstić information content (AvgIpc) is 2.94. The van der Waals surface area contributed by atoms with Crippen LogP contribution in [0.25, 0.3) is 0 Å². The number of nitrogens with one attached hydrogen (secondary N) is 2. The molecule has 2 aromatic heterocycles. The van der Waals surface area contributed by atoms with E-state index in [2.05, 4.69) is 20.0 Å². The van der Waals surface area contributed by atoms with Crippen molar-refractivity contribution in [3.05, 3.63) is 41.3 Å². The van der Waals surface area contributed by atoms with E-state index >= 15 is 0 Å². The Labute approximate surface area is 122 Å². The fourth-order valence-electron chi connectivity index (χ4n) is 1.51. The summed E-state index contributed by atoms with van der Waals surface area (Å²) < 4.78 is 27.1. The third-order valence-corrected chi connectivity index (χ3v) is 5.52. The van der Waals surface area contributed by atoms with Crippen LogP contribution in [0.15, 0.2) is 34.9 Å². The molecule has 0 aliphatic rings. The van der Waals surface area contributed by atoms with Gasteiger partial charge in [-0.25, -0.2) is 23.1 Å². The van der Waals surface area contributed by atoms with E-state index in [1.807, 2.05) is 13.0 Å². The van der Waals surface area contributed by atoms with E-state index in [1.54, 1.807) is 18.3 Å². The molecule has 0 bridgehead atoms. The molecular formula is C12H16N4O2S2. The van der Waals surface area contributed by atoms with Gasteiger partial charge in [-0.2, -0.15) is 0 Å². The second kappa shape index (κ2) is 6.89. The first-order valence-corrected chi connectivity index (χ1v) is 8.46. The van der Waals surface area contributed by atoms with Crippen molar-refractivity contribution < 1.29 is 8.42 Å². The normalized spacial score (nSPS) is 11.7. The summed E-state index contributed by atoms with van der Waals surface area (Å²) in [6.45, 7) is 3.70. The van der Waals surface area contributed by atoms with E-state index in [9.17, 15) is 8.42 Å². The van der Waals surface area contributed by atoms with Gasteiger partial charge in [-0.05, 0) is 24.7 Å². The van der Waals surface area contributed by atoms with Gasteiger partial charge in [0, 0.05) is 17.6 Å². The predicted molar refractivity (Wildman–Crippen MR) is 77.8 cm³/mol. The first-order valence-electron chi connectivity index (χ1n) is 6.16. The van der Waals surface area contributed by atoms with Crippen molar-refractivity contribution in [3.8, 4) is 0 Å². The highest BCUT2D eigenvalue weighted by molar-refractivity contribution is 7.91. The predicted octanol–water partition coefficient (Wildman–Crippen LogP) is 1.13. The van der Waals surface area contributed by atoms with Crippen molar-refractivity contribution in [1.29, 1.82) is 0 Å². The van der Waals surface area contributed by atoms with Crippen molar-refractivity contribution in [2.75, 3.05) is 6.54 Å².